The topological polar surface area (TPSA) is 41.6 Å². The van der Waals surface area contributed by atoms with Crippen molar-refractivity contribution in [3.63, 3.8) is 0 Å². The zero-order chi connectivity index (χ0) is 12.3. The van der Waals surface area contributed by atoms with E-state index in [0.29, 0.717) is 0 Å². The molecule has 0 spiro atoms. The zero-order valence-electron chi connectivity index (χ0n) is 10.1. The SMILES string of the molecule is CCn1ccc(-c2ccc(C(C)C#N)cc2)n1. The summed E-state index contributed by atoms with van der Waals surface area (Å²) in [6, 6.07) is 12.3. The largest absolute Gasteiger partial charge is 0.272 e. The Kier molecular flexibility index (Phi) is 3.24. The fraction of sp³-hybridized carbons (Fsp3) is 0.286. The van der Waals surface area contributed by atoms with E-state index in [2.05, 4.69) is 18.1 Å². The number of hydrogen-bond donors (Lipinski definition) is 0. The molecule has 2 rings (SSSR count). The van der Waals surface area contributed by atoms with E-state index in [1.54, 1.807) is 0 Å². The Morgan fingerprint density at radius 2 is 2.00 bits per heavy atom. The van der Waals surface area contributed by atoms with Crippen molar-refractivity contribution < 1.29 is 0 Å². The lowest BCUT2D eigenvalue weighted by molar-refractivity contribution is 0.662. The fourth-order valence-electron chi connectivity index (χ4n) is 1.71. The molecular formula is C14H15N3. The normalized spacial score (nSPS) is 12.1. The lowest BCUT2D eigenvalue weighted by Crippen LogP contribution is -1.94. The van der Waals surface area contributed by atoms with Crippen molar-refractivity contribution in [2.45, 2.75) is 26.3 Å². The van der Waals surface area contributed by atoms with Gasteiger partial charge in [-0.2, -0.15) is 10.4 Å². The third kappa shape index (κ3) is 2.36. The van der Waals surface area contributed by atoms with Gasteiger partial charge in [0.25, 0.3) is 0 Å². The highest BCUT2D eigenvalue weighted by Gasteiger charge is 2.05. The van der Waals surface area contributed by atoms with Crippen LogP contribution in [0.25, 0.3) is 11.3 Å². The summed E-state index contributed by atoms with van der Waals surface area (Å²) >= 11 is 0. The van der Waals surface area contributed by atoms with Crippen LogP contribution in [0.3, 0.4) is 0 Å². The summed E-state index contributed by atoms with van der Waals surface area (Å²) in [5.74, 6) is -0.0581. The lowest BCUT2D eigenvalue weighted by Gasteiger charge is -2.03. The van der Waals surface area contributed by atoms with Gasteiger partial charge < -0.3 is 0 Å². The molecule has 0 aliphatic heterocycles. The van der Waals surface area contributed by atoms with Gasteiger partial charge in [0.05, 0.1) is 17.7 Å². The van der Waals surface area contributed by atoms with Crippen molar-refractivity contribution in [1.29, 1.82) is 5.26 Å². The molecule has 0 saturated heterocycles. The first-order valence-corrected chi connectivity index (χ1v) is 5.78. The van der Waals surface area contributed by atoms with Gasteiger partial charge in [0.2, 0.25) is 0 Å². The van der Waals surface area contributed by atoms with E-state index in [4.69, 9.17) is 5.26 Å². The van der Waals surface area contributed by atoms with Crippen molar-refractivity contribution in [1.82, 2.24) is 9.78 Å². The summed E-state index contributed by atoms with van der Waals surface area (Å²) < 4.78 is 1.90. The number of nitrogens with zero attached hydrogens (tertiary/aromatic N) is 3. The molecule has 2 aromatic rings. The summed E-state index contributed by atoms with van der Waals surface area (Å²) in [4.78, 5) is 0. The number of rotatable bonds is 3. The first kappa shape index (κ1) is 11.4. The van der Waals surface area contributed by atoms with E-state index >= 15 is 0 Å². The van der Waals surface area contributed by atoms with Crippen LogP contribution < -0.4 is 0 Å². The van der Waals surface area contributed by atoms with Crippen LogP contribution in [-0.2, 0) is 6.54 Å². The third-order valence-electron chi connectivity index (χ3n) is 2.86. The molecule has 0 amide bonds. The summed E-state index contributed by atoms with van der Waals surface area (Å²) in [7, 11) is 0. The molecule has 86 valence electrons. The maximum atomic E-state index is 8.84. The van der Waals surface area contributed by atoms with Gasteiger partial charge in [-0.15, -0.1) is 0 Å². The molecule has 0 aliphatic rings. The Hall–Kier alpha value is -2.08. The van der Waals surface area contributed by atoms with Gasteiger partial charge in [0.15, 0.2) is 0 Å². The van der Waals surface area contributed by atoms with Crippen LogP contribution in [0.1, 0.15) is 25.3 Å². The maximum Gasteiger partial charge on any atom is 0.0923 e. The van der Waals surface area contributed by atoms with Crippen molar-refractivity contribution in [3.8, 4) is 17.3 Å². The third-order valence-corrected chi connectivity index (χ3v) is 2.86. The molecule has 0 aliphatic carbocycles. The van der Waals surface area contributed by atoms with Crippen LogP contribution in [-0.4, -0.2) is 9.78 Å². The van der Waals surface area contributed by atoms with Crippen LogP contribution >= 0.6 is 0 Å². The van der Waals surface area contributed by atoms with Gasteiger partial charge in [-0.05, 0) is 25.5 Å². The number of aryl methyl sites for hydroxylation is 1. The van der Waals surface area contributed by atoms with Crippen molar-refractivity contribution in [3.05, 3.63) is 42.1 Å². The molecule has 1 unspecified atom stereocenters. The van der Waals surface area contributed by atoms with Crippen LogP contribution in [0.15, 0.2) is 36.5 Å². The van der Waals surface area contributed by atoms with E-state index in [9.17, 15) is 0 Å². The number of aromatic nitrogens is 2. The first-order chi connectivity index (χ1) is 8.24. The molecule has 1 atom stereocenters. The molecule has 1 heterocycles. The van der Waals surface area contributed by atoms with E-state index in [1.165, 1.54) is 0 Å². The smallest absolute Gasteiger partial charge is 0.0923 e. The standard InChI is InChI=1S/C14H15N3/c1-3-17-9-8-14(16-17)13-6-4-12(5-7-13)11(2)10-15/h4-9,11H,3H2,1-2H3. The quantitative estimate of drug-likeness (QED) is 0.805. The molecule has 1 aromatic heterocycles. The molecule has 0 bridgehead atoms. The number of benzene rings is 1. The van der Waals surface area contributed by atoms with Gasteiger partial charge in [-0.1, -0.05) is 24.3 Å². The van der Waals surface area contributed by atoms with Crippen LogP contribution in [0.5, 0.6) is 0 Å². The highest BCUT2D eigenvalue weighted by atomic mass is 15.3. The molecule has 0 N–H and O–H groups in total. The minimum absolute atomic E-state index is 0.0581. The van der Waals surface area contributed by atoms with E-state index in [1.807, 2.05) is 48.1 Å². The monoisotopic (exact) mass is 225 g/mol. The molecule has 17 heavy (non-hydrogen) atoms. The van der Waals surface area contributed by atoms with Gasteiger partial charge in [0, 0.05) is 18.3 Å². The second kappa shape index (κ2) is 4.84. The second-order valence-electron chi connectivity index (χ2n) is 4.03. The summed E-state index contributed by atoms with van der Waals surface area (Å²) in [6.07, 6.45) is 1.97. The summed E-state index contributed by atoms with van der Waals surface area (Å²) in [6.45, 7) is 4.85. The Labute approximate surface area is 101 Å². The summed E-state index contributed by atoms with van der Waals surface area (Å²) in [5.41, 5.74) is 3.11. The first-order valence-electron chi connectivity index (χ1n) is 5.78. The van der Waals surface area contributed by atoms with E-state index < -0.39 is 0 Å². The molecule has 0 fully saturated rings. The molecule has 1 aromatic carbocycles. The van der Waals surface area contributed by atoms with Crippen LogP contribution in [0.4, 0.5) is 0 Å². The minimum atomic E-state index is -0.0581. The molecule has 3 nitrogen and oxygen atoms in total. The number of hydrogen-bond acceptors (Lipinski definition) is 2. The predicted molar refractivity (Wildman–Crippen MR) is 67.4 cm³/mol. The van der Waals surface area contributed by atoms with Crippen molar-refractivity contribution >= 4 is 0 Å². The van der Waals surface area contributed by atoms with Crippen LogP contribution in [0.2, 0.25) is 0 Å². The highest BCUT2D eigenvalue weighted by Crippen LogP contribution is 2.21. The zero-order valence-corrected chi connectivity index (χ0v) is 10.1. The van der Waals surface area contributed by atoms with Crippen molar-refractivity contribution in [2.24, 2.45) is 0 Å². The molecule has 0 radical (unpaired) electrons. The van der Waals surface area contributed by atoms with E-state index in [0.717, 1.165) is 23.4 Å². The average Bonchev–Trinajstić information content (AvgIpc) is 2.87. The van der Waals surface area contributed by atoms with Gasteiger partial charge in [-0.25, -0.2) is 0 Å². The molecular weight excluding hydrogens is 210 g/mol. The fourth-order valence-corrected chi connectivity index (χ4v) is 1.71. The predicted octanol–water partition coefficient (Wildman–Crippen LogP) is 3.20. The van der Waals surface area contributed by atoms with Gasteiger partial charge in [-0.3, -0.25) is 4.68 Å². The Bertz CT molecular complexity index is 531. The number of nitriles is 1. The second-order valence-corrected chi connectivity index (χ2v) is 4.03. The average molecular weight is 225 g/mol. The van der Waals surface area contributed by atoms with Crippen LogP contribution in [0, 0.1) is 11.3 Å². The summed E-state index contributed by atoms with van der Waals surface area (Å²) in [5, 5.41) is 13.3. The van der Waals surface area contributed by atoms with E-state index in [-0.39, 0.29) is 5.92 Å². The molecule has 0 saturated carbocycles. The van der Waals surface area contributed by atoms with Gasteiger partial charge >= 0.3 is 0 Å². The minimum Gasteiger partial charge on any atom is -0.272 e. The Morgan fingerprint density at radius 1 is 1.29 bits per heavy atom. The lowest BCUT2D eigenvalue weighted by atomic mass is 10.0. The Balaban J connectivity index is 2.26. The van der Waals surface area contributed by atoms with Gasteiger partial charge in [0.1, 0.15) is 0 Å². The Morgan fingerprint density at radius 3 is 2.53 bits per heavy atom. The van der Waals surface area contributed by atoms with Crippen molar-refractivity contribution in [2.75, 3.05) is 0 Å². The highest BCUT2D eigenvalue weighted by molar-refractivity contribution is 5.59. The maximum absolute atomic E-state index is 8.84. The molecule has 3 heteroatoms.